The normalized spacial score (nSPS) is 13.8. The molecule has 45 heavy (non-hydrogen) atoms. The summed E-state index contributed by atoms with van der Waals surface area (Å²) in [6.07, 6.45) is 2.28. The van der Waals surface area contributed by atoms with Gasteiger partial charge in [0.2, 0.25) is 0 Å². The highest BCUT2D eigenvalue weighted by Crippen LogP contribution is 2.43. The number of imidazole rings is 1. The number of hydrogen-bond donors (Lipinski definition) is 0. The number of pyridine rings is 1. The Labute approximate surface area is 261 Å². The second kappa shape index (κ2) is 11.7. The lowest BCUT2D eigenvalue weighted by molar-refractivity contribution is -0.164. The molecule has 0 amide bonds. The Morgan fingerprint density at radius 3 is 2.44 bits per heavy atom. The summed E-state index contributed by atoms with van der Waals surface area (Å²) < 4.78 is 48.6. The molecule has 232 valence electrons. The van der Waals surface area contributed by atoms with E-state index in [4.69, 9.17) is 19.2 Å². The second-order valence-corrected chi connectivity index (χ2v) is 12.5. The molecule has 2 aromatic heterocycles. The number of nitrogens with zero attached hydrogens (tertiary/aromatic N) is 2. The molecule has 0 spiro atoms. The zero-order valence-electron chi connectivity index (χ0n) is 26.3. The molecule has 5 aromatic rings. The van der Waals surface area contributed by atoms with E-state index in [0.717, 1.165) is 39.8 Å². The van der Waals surface area contributed by atoms with Crippen molar-refractivity contribution in [2.75, 3.05) is 13.7 Å². The largest absolute Gasteiger partial charge is 0.490 e. The third kappa shape index (κ3) is 5.82. The first-order chi connectivity index (χ1) is 21.4. The summed E-state index contributed by atoms with van der Waals surface area (Å²) >= 11 is 0. The molecule has 6 nitrogen and oxygen atoms in total. The Hall–Kier alpha value is -4.56. The molecule has 0 fully saturated rings. The topological polar surface area (TPSA) is 62.1 Å². The number of hydrogen-bond acceptors (Lipinski definition) is 5. The van der Waals surface area contributed by atoms with Gasteiger partial charge in [0.25, 0.3) is 0 Å². The van der Waals surface area contributed by atoms with Gasteiger partial charge in [-0.25, -0.2) is 18.6 Å². The summed E-state index contributed by atoms with van der Waals surface area (Å²) in [7, 11) is 1.33. The molecule has 0 aliphatic carbocycles. The van der Waals surface area contributed by atoms with E-state index < -0.39 is 23.5 Å². The van der Waals surface area contributed by atoms with Crippen LogP contribution in [0.5, 0.6) is 5.75 Å². The minimum atomic E-state index is -1.09. The van der Waals surface area contributed by atoms with Gasteiger partial charge in [0, 0.05) is 28.5 Å². The zero-order valence-corrected chi connectivity index (χ0v) is 26.3. The molecule has 3 heterocycles. The quantitative estimate of drug-likeness (QED) is 0.180. The van der Waals surface area contributed by atoms with Crippen molar-refractivity contribution in [3.05, 3.63) is 101 Å². The molecule has 1 unspecified atom stereocenters. The van der Waals surface area contributed by atoms with E-state index in [-0.39, 0.29) is 11.6 Å². The van der Waals surface area contributed by atoms with Crippen LogP contribution in [0.1, 0.15) is 55.5 Å². The second-order valence-electron chi connectivity index (χ2n) is 12.5. The van der Waals surface area contributed by atoms with Crippen LogP contribution in [-0.2, 0) is 20.7 Å². The van der Waals surface area contributed by atoms with Crippen molar-refractivity contribution < 1.29 is 27.8 Å². The van der Waals surface area contributed by atoms with Gasteiger partial charge in [0.1, 0.15) is 11.5 Å². The lowest BCUT2D eigenvalue weighted by atomic mass is 9.89. The average Bonchev–Trinajstić information content (AvgIpc) is 3.44. The smallest absolute Gasteiger partial charge is 0.339 e. The maximum absolute atomic E-state index is 15.7. The number of aryl methyl sites for hydroxylation is 1. The van der Waals surface area contributed by atoms with Crippen molar-refractivity contribution in [3.8, 4) is 39.4 Å². The van der Waals surface area contributed by atoms with Gasteiger partial charge in [-0.15, -0.1) is 0 Å². The van der Waals surface area contributed by atoms with Crippen LogP contribution < -0.4 is 4.74 Å². The van der Waals surface area contributed by atoms with E-state index in [9.17, 15) is 9.18 Å². The molecule has 0 N–H and O–H groups in total. The van der Waals surface area contributed by atoms with Crippen molar-refractivity contribution in [2.24, 2.45) is 0 Å². The van der Waals surface area contributed by atoms with Crippen LogP contribution in [0.25, 0.3) is 39.3 Å². The molecule has 0 saturated carbocycles. The number of esters is 1. The number of benzene rings is 3. The van der Waals surface area contributed by atoms with Gasteiger partial charge in [-0.1, -0.05) is 30.3 Å². The molecule has 0 radical (unpaired) electrons. The summed E-state index contributed by atoms with van der Waals surface area (Å²) in [5, 5.41) is 0. The molecule has 8 heteroatoms. The maximum Gasteiger partial charge on any atom is 0.339 e. The van der Waals surface area contributed by atoms with Crippen LogP contribution in [0.2, 0.25) is 0 Å². The fourth-order valence-electron chi connectivity index (χ4n) is 6.10. The third-order valence-corrected chi connectivity index (χ3v) is 8.18. The third-order valence-electron chi connectivity index (χ3n) is 8.18. The number of carbonyl (C=O) groups excluding carboxylic acids is 1. The number of aromatic nitrogens is 2. The van der Waals surface area contributed by atoms with Gasteiger partial charge in [0.15, 0.2) is 17.7 Å². The van der Waals surface area contributed by atoms with Gasteiger partial charge in [-0.05, 0) is 100 Å². The van der Waals surface area contributed by atoms with Crippen molar-refractivity contribution in [1.82, 2.24) is 9.38 Å². The molecule has 1 aliphatic heterocycles. The molecule has 6 rings (SSSR count). The molecule has 1 atom stereocenters. The summed E-state index contributed by atoms with van der Waals surface area (Å²) in [4.78, 5) is 18.4. The van der Waals surface area contributed by atoms with Crippen molar-refractivity contribution in [1.29, 1.82) is 0 Å². The van der Waals surface area contributed by atoms with Gasteiger partial charge in [-0.2, -0.15) is 0 Å². The Kier molecular flexibility index (Phi) is 7.95. The predicted molar refractivity (Wildman–Crippen MR) is 170 cm³/mol. The Morgan fingerprint density at radius 2 is 1.73 bits per heavy atom. The number of fused-ring (bicyclic) bond motifs is 2. The molecular formula is C37H36F2N2O4. The zero-order chi connectivity index (χ0) is 32.0. The van der Waals surface area contributed by atoms with Crippen molar-refractivity contribution >= 4 is 11.6 Å². The highest BCUT2D eigenvalue weighted by atomic mass is 19.1. The van der Waals surface area contributed by atoms with Gasteiger partial charge < -0.3 is 14.2 Å². The van der Waals surface area contributed by atoms with Gasteiger partial charge >= 0.3 is 5.97 Å². The number of halogens is 2. The standard InChI is InChI=1S/C37H36F2N2O4/c1-21-17-31-40-30(25-10-7-9-24(18-25)23-12-14-26(38)15-13-23)20-41(31)33(32(21)35(36(42)43-6)45-37(3,4)5)28-19-29(39)34-27(22(28)2)11-8-16-44-34/h7,9-10,12-15,17-20,35H,8,11,16H2,1-6H3. The van der Waals surface area contributed by atoms with Crippen molar-refractivity contribution in [2.45, 2.75) is 59.2 Å². The molecule has 3 aromatic carbocycles. The Bertz CT molecular complexity index is 1920. The molecule has 0 saturated heterocycles. The molecule has 0 bridgehead atoms. The minimum Gasteiger partial charge on any atom is -0.490 e. The average molecular weight is 611 g/mol. The highest BCUT2D eigenvalue weighted by molar-refractivity contribution is 5.84. The summed E-state index contributed by atoms with van der Waals surface area (Å²) in [6.45, 7) is 9.96. The van der Waals surface area contributed by atoms with E-state index in [0.29, 0.717) is 41.2 Å². The van der Waals surface area contributed by atoms with Crippen LogP contribution in [0, 0.1) is 25.5 Å². The number of rotatable bonds is 6. The minimum absolute atomic E-state index is 0.285. The number of carbonyl (C=O) groups is 1. The first-order valence-electron chi connectivity index (χ1n) is 15.0. The van der Waals surface area contributed by atoms with E-state index >= 15 is 4.39 Å². The lowest BCUT2D eigenvalue weighted by Gasteiger charge is -2.30. The van der Waals surface area contributed by atoms with E-state index in [1.807, 2.05) is 75.5 Å². The van der Waals surface area contributed by atoms with E-state index in [1.54, 1.807) is 12.1 Å². The van der Waals surface area contributed by atoms with Crippen LogP contribution in [0.15, 0.2) is 66.9 Å². The van der Waals surface area contributed by atoms with Gasteiger partial charge in [-0.3, -0.25) is 4.40 Å². The van der Waals surface area contributed by atoms with Gasteiger partial charge in [0.05, 0.1) is 30.7 Å². The van der Waals surface area contributed by atoms with Crippen LogP contribution >= 0.6 is 0 Å². The molecular weight excluding hydrogens is 574 g/mol. The van der Waals surface area contributed by atoms with Crippen molar-refractivity contribution in [3.63, 3.8) is 0 Å². The SMILES string of the molecule is COC(=O)C(OC(C)(C)C)c1c(C)cc2nc(-c3cccc(-c4ccc(F)cc4)c3)cn2c1-c1cc(F)c2c(c1C)CCCO2. The fourth-order valence-corrected chi connectivity index (χ4v) is 6.10. The van der Waals surface area contributed by atoms with Crippen LogP contribution in [0.3, 0.4) is 0 Å². The Balaban J connectivity index is 1.62. The summed E-state index contributed by atoms with van der Waals surface area (Å²) in [5.41, 5.74) is 7.49. The first kappa shape index (κ1) is 30.5. The maximum atomic E-state index is 15.7. The first-order valence-corrected chi connectivity index (χ1v) is 15.0. The highest BCUT2D eigenvalue weighted by Gasteiger charge is 2.34. The lowest BCUT2D eigenvalue weighted by Crippen LogP contribution is -2.29. The number of ether oxygens (including phenoxy) is 3. The fraction of sp³-hybridized carbons (Fsp3) is 0.297. The molecule has 1 aliphatic rings. The summed E-state index contributed by atoms with van der Waals surface area (Å²) in [5.74, 6) is -1.02. The number of methoxy groups -OCH3 is 1. The predicted octanol–water partition coefficient (Wildman–Crippen LogP) is 8.58. The van der Waals surface area contributed by atoms with E-state index in [2.05, 4.69) is 0 Å². The summed E-state index contributed by atoms with van der Waals surface area (Å²) in [6, 6.07) is 17.6. The Morgan fingerprint density at radius 1 is 1.00 bits per heavy atom. The van der Waals surface area contributed by atoms with Crippen LogP contribution in [-0.4, -0.2) is 34.7 Å². The van der Waals surface area contributed by atoms with E-state index in [1.165, 1.54) is 25.3 Å². The van der Waals surface area contributed by atoms with Crippen LogP contribution in [0.4, 0.5) is 8.78 Å². The monoisotopic (exact) mass is 610 g/mol.